The number of aromatic hydroxyl groups is 2. The number of carbonyl (C=O) groups excluding carboxylic acids is 17. The van der Waals surface area contributed by atoms with Crippen LogP contribution in [0.3, 0.4) is 0 Å². The minimum absolute atomic E-state index is 0.0318. The number of nitrogens with two attached hydrogens (primary N) is 7. The van der Waals surface area contributed by atoms with Gasteiger partial charge < -0.3 is 160 Å². The van der Waals surface area contributed by atoms with Crippen LogP contribution in [0, 0.1) is 28.1 Å². The van der Waals surface area contributed by atoms with Crippen LogP contribution >= 0.6 is 0 Å². The van der Waals surface area contributed by atoms with E-state index in [4.69, 9.17) is 56.4 Å². The minimum atomic E-state index is -2.13. The fourth-order valence-corrected chi connectivity index (χ4v) is 14.5. The summed E-state index contributed by atoms with van der Waals surface area (Å²) in [4.78, 5) is 277. The van der Waals surface area contributed by atoms with Crippen molar-refractivity contribution in [3.05, 3.63) is 59.7 Å². The van der Waals surface area contributed by atoms with Crippen molar-refractivity contribution in [1.29, 1.82) is 16.2 Å². The number of guanidine groups is 3. The monoisotopic (exact) mass is 1920 g/mol. The molecule has 2 aromatic rings. The molecule has 752 valence electrons. The van der Waals surface area contributed by atoms with Gasteiger partial charge in [0, 0.05) is 58.4 Å². The van der Waals surface area contributed by atoms with Gasteiger partial charge in [-0.1, -0.05) is 58.4 Å². The Balaban J connectivity index is 1.69. The fraction of sp³-hybridized carbons (Fsp3) is 0.578. The molecule has 17 amide bonds. The Morgan fingerprint density at radius 2 is 0.750 bits per heavy atom. The highest BCUT2D eigenvalue weighted by molar-refractivity contribution is 6.03. The van der Waals surface area contributed by atoms with Crippen LogP contribution in [0.2, 0.25) is 0 Å². The van der Waals surface area contributed by atoms with E-state index in [1.54, 1.807) is 27.7 Å². The number of carboxylic acid groups (broad SMARTS) is 3. The van der Waals surface area contributed by atoms with Crippen molar-refractivity contribution < 1.29 is 127 Å². The van der Waals surface area contributed by atoms with Crippen molar-refractivity contribution in [3.63, 3.8) is 0 Å². The smallest absolute Gasteiger partial charge is 0.326 e. The third-order valence-corrected chi connectivity index (χ3v) is 21.8. The normalized spacial score (nSPS) is 16.3. The average Bonchev–Trinajstić information content (AvgIpc) is 1.63. The van der Waals surface area contributed by atoms with Crippen LogP contribution in [0.4, 0.5) is 0 Å². The minimum Gasteiger partial charge on any atom is -0.508 e. The SMILES string of the molecule is CC[C@H](C)[C@H](NC(=O)[C@@H]1CCCN1C(=O)[C@H](CO)NC(=O)[C@H](CC(C)C)NC(=O)[C@@H]1CCCN1C(=O)[C@H](Cc1ccc(O)cc1)NC(=O)[C@H](CCCNC(=N)N)NC(=O)[C@H](CC(N)=O)NC(=O)[C@H](CCCNC(=N)N)NC(=O)[C@H](Cc1ccc(O)cc1)NC(=O)[C@H](CCC(=O)O)NC(=O)[C@H](CC(N)=O)NC(=O)[C@H](CC(=O)O)NC(=O)[C@@H](N)CCC(N)=O)C(=O)N[C@@H](CCCNC(=N)N)C(=O)O. The molecule has 0 spiro atoms. The number of hydrogen-bond acceptors (Lipinski definition) is 27. The van der Waals surface area contributed by atoms with Crippen LogP contribution in [0.1, 0.15) is 161 Å². The Hall–Kier alpha value is -14.8. The maximum Gasteiger partial charge on any atom is 0.326 e. The predicted molar refractivity (Wildman–Crippen MR) is 480 cm³/mol. The lowest BCUT2D eigenvalue weighted by Gasteiger charge is -2.32. The first-order valence-corrected chi connectivity index (χ1v) is 44.0. The van der Waals surface area contributed by atoms with E-state index in [9.17, 15) is 117 Å². The van der Waals surface area contributed by atoms with E-state index in [1.165, 1.54) is 48.5 Å². The highest BCUT2D eigenvalue weighted by Gasteiger charge is 2.45. The number of phenols is 2. The van der Waals surface area contributed by atoms with Crippen molar-refractivity contribution in [3.8, 4) is 11.5 Å². The van der Waals surface area contributed by atoms with Gasteiger partial charge in [-0.2, -0.15) is 0 Å². The quantitative estimate of drug-likeness (QED) is 0.0166. The van der Waals surface area contributed by atoms with Crippen LogP contribution in [-0.4, -0.2) is 307 Å². The van der Waals surface area contributed by atoms with Crippen LogP contribution in [0.15, 0.2) is 48.5 Å². The summed E-state index contributed by atoms with van der Waals surface area (Å²) in [5.41, 5.74) is 38.9. The zero-order chi connectivity index (χ0) is 102. The summed E-state index contributed by atoms with van der Waals surface area (Å²) in [6.07, 6.45) is -7.10. The van der Waals surface area contributed by atoms with Gasteiger partial charge in [0.1, 0.15) is 96.1 Å². The van der Waals surface area contributed by atoms with Gasteiger partial charge in [-0.15, -0.1) is 0 Å². The molecule has 53 nitrogen and oxygen atoms in total. The summed E-state index contributed by atoms with van der Waals surface area (Å²) < 4.78 is 0. The number of hydrogen-bond donors (Lipinski definition) is 31. The number of carbonyl (C=O) groups is 20. The number of phenolic OH excluding ortho intramolecular Hbond substituents is 2. The number of rotatable bonds is 60. The lowest BCUT2D eigenvalue weighted by Crippen LogP contribution is -2.61. The highest BCUT2D eigenvalue weighted by Crippen LogP contribution is 2.25. The van der Waals surface area contributed by atoms with Crippen molar-refractivity contribution in [2.24, 2.45) is 52.0 Å². The molecule has 38 N–H and O–H groups in total. The van der Waals surface area contributed by atoms with Crippen LogP contribution < -0.4 is 120 Å². The summed E-state index contributed by atoms with van der Waals surface area (Å²) in [5, 5.41) is 120. The van der Waals surface area contributed by atoms with Gasteiger partial charge in [-0.05, 0) is 131 Å². The molecule has 0 bridgehead atoms. The van der Waals surface area contributed by atoms with Gasteiger partial charge in [-0.3, -0.25) is 107 Å². The second kappa shape index (κ2) is 56.9. The average molecular weight is 1920 g/mol. The lowest BCUT2D eigenvalue weighted by molar-refractivity contribution is -0.145. The molecule has 2 saturated heterocycles. The predicted octanol–water partition coefficient (Wildman–Crippen LogP) is -9.68. The summed E-state index contributed by atoms with van der Waals surface area (Å²) >= 11 is 0. The summed E-state index contributed by atoms with van der Waals surface area (Å²) in [6, 6.07) is -15.3. The number of likely N-dealkylation sites (tertiary alicyclic amines) is 2. The summed E-state index contributed by atoms with van der Waals surface area (Å²) in [6.45, 7) is 5.39. The van der Waals surface area contributed by atoms with Crippen molar-refractivity contribution in [2.45, 2.75) is 253 Å². The Morgan fingerprint density at radius 3 is 1.15 bits per heavy atom. The number of primary amides is 3. The molecule has 2 aliphatic heterocycles. The van der Waals surface area contributed by atoms with Crippen LogP contribution in [-0.2, 0) is 109 Å². The lowest BCUT2D eigenvalue weighted by atomic mass is 9.97. The molecule has 0 unspecified atom stereocenters. The molecule has 16 atom stereocenters. The Morgan fingerprint density at radius 1 is 0.397 bits per heavy atom. The molecule has 2 fully saturated rings. The molecule has 4 rings (SSSR count). The van der Waals surface area contributed by atoms with Gasteiger partial charge in [0.05, 0.1) is 31.9 Å². The van der Waals surface area contributed by atoms with Gasteiger partial charge in [0.25, 0.3) is 0 Å². The molecular formula is C83H129N27O26. The number of nitrogens with one attached hydrogen (secondary N) is 18. The van der Waals surface area contributed by atoms with E-state index < -0.39 is 291 Å². The number of aliphatic hydroxyl groups excluding tert-OH is 1. The Labute approximate surface area is 781 Å². The van der Waals surface area contributed by atoms with E-state index in [0.29, 0.717) is 12.0 Å². The molecule has 53 heteroatoms. The van der Waals surface area contributed by atoms with E-state index in [1.807, 2.05) is 0 Å². The maximum atomic E-state index is 15.3. The van der Waals surface area contributed by atoms with E-state index >= 15 is 9.59 Å². The molecule has 0 radical (unpaired) electrons. The number of aliphatic hydroxyl groups is 1. The molecule has 2 heterocycles. The number of aliphatic carboxylic acids is 3. The molecule has 136 heavy (non-hydrogen) atoms. The van der Waals surface area contributed by atoms with Crippen molar-refractivity contribution >= 4 is 136 Å². The zero-order valence-corrected chi connectivity index (χ0v) is 75.8. The number of amides is 17. The standard InChI is InChI=1S/C83H129N27O26/c1-5-41(4)65(77(132)100-50(80(135)136)13-8-30-96-83(92)93)108-76(131)59-15-10-32-110(59)79(134)57(39-111)107-70(125)51(33-40(2)3)105-75(130)58-14-9-31-109(58)78(133)56(35-43-18-22-45(113)23-19-43)106-68(123)48(12-7-29-95-82(90)91)98-72(127)53(36-61(86)115)103-67(122)47(11-6-28-94-81(88)89)97-71(126)52(34-42-16-20-44(112)21-17-42)102-69(124)49(25-27-63(117)118)99-73(128)54(37-62(87)116)104-74(129)55(38-64(119)120)101-66(121)46(84)24-26-60(85)114/h16-23,40-41,46-59,65,111-113H,5-15,24-39,84H2,1-4H3,(H2,85,114)(H2,86,115)(H2,87,116)(H,97,126)(H,98,127)(H,99,128)(H,100,132)(H,101,121)(H,102,124)(H,103,122)(H,104,129)(H,105,130)(H,106,123)(H,107,125)(H,108,131)(H,117,118)(H,119,120)(H,135,136)(H4,88,89,94)(H4,90,91,95)(H4,92,93,96)/t41-,46-,47-,48-,49-,50-,51-,52-,53-,54-,55-,56-,57-,58-,59-,65-/m0/s1. The highest BCUT2D eigenvalue weighted by atomic mass is 16.4. The first-order valence-electron chi connectivity index (χ1n) is 44.0. The number of carboxylic acids is 3. The first-order chi connectivity index (χ1) is 64.0. The summed E-state index contributed by atoms with van der Waals surface area (Å²) in [7, 11) is 0. The topological polar surface area (TPSA) is 903 Å². The largest absolute Gasteiger partial charge is 0.508 e. The van der Waals surface area contributed by atoms with Crippen molar-refractivity contribution in [2.75, 3.05) is 39.3 Å². The van der Waals surface area contributed by atoms with Crippen LogP contribution in [0.25, 0.3) is 0 Å². The first kappa shape index (κ1) is 113. The fourth-order valence-electron chi connectivity index (χ4n) is 14.5. The van der Waals surface area contributed by atoms with Gasteiger partial charge in [-0.25, -0.2) is 4.79 Å². The molecule has 0 aliphatic carbocycles. The molecule has 2 aromatic carbocycles. The molecular weight excluding hydrogens is 1790 g/mol. The maximum absolute atomic E-state index is 15.3. The van der Waals surface area contributed by atoms with Gasteiger partial charge in [0.15, 0.2) is 17.9 Å². The second-order valence-corrected chi connectivity index (χ2v) is 33.2. The van der Waals surface area contributed by atoms with E-state index in [-0.39, 0.29) is 132 Å². The Kier molecular flexibility index (Phi) is 47.5. The molecule has 0 aromatic heterocycles. The van der Waals surface area contributed by atoms with E-state index in [0.717, 1.165) is 9.80 Å². The van der Waals surface area contributed by atoms with Crippen molar-refractivity contribution in [1.82, 2.24) is 89.6 Å². The third kappa shape index (κ3) is 39.9. The Bertz CT molecular complexity index is 4590. The molecule has 2 aliphatic rings. The summed E-state index contributed by atoms with van der Waals surface area (Å²) in [5.74, 6) is -26.6. The van der Waals surface area contributed by atoms with Gasteiger partial charge in [0.2, 0.25) is 100 Å². The second-order valence-electron chi connectivity index (χ2n) is 33.2. The third-order valence-electron chi connectivity index (χ3n) is 21.8. The van der Waals surface area contributed by atoms with Crippen LogP contribution in [0.5, 0.6) is 11.5 Å². The van der Waals surface area contributed by atoms with E-state index in [2.05, 4.69) is 79.8 Å². The van der Waals surface area contributed by atoms with Gasteiger partial charge >= 0.3 is 17.9 Å². The zero-order valence-electron chi connectivity index (χ0n) is 75.8. The molecule has 0 saturated carbocycles. The number of nitrogens with zero attached hydrogens (tertiary/aromatic N) is 2. The number of benzene rings is 2.